The van der Waals surface area contributed by atoms with Gasteiger partial charge in [0.25, 0.3) is 0 Å². The van der Waals surface area contributed by atoms with Gasteiger partial charge in [0.2, 0.25) is 0 Å². The quantitative estimate of drug-likeness (QED) is 0.533. The molecular formula is C8H14O3. The topological polar surface area (TPSA) is 57.5 Å². The van der Waals surface area contributed by atoms with Crippen LogP contribution in [-0.2, 0) is 0 Å². The summed E-state index contributed by atoms with van der Waals surface area (Å²) in [6.45, 7) is 2.31. The van der Waals surface area contributed by atoms with E-state index in [1.807, 2.05) is 0 Å². The van der Waals surface area contributed by atoms with E-state index >= 15 is 0 Å². The fourth-order valence-corrected chi connectivity index (χ4v) is 0.945. The van der Waals surface area contributed by atoms with Crippen molar-refractivity contribution in [3.63, 3.8) is 0 Å². The van der Waals surface area contributed by atoms with E-state index in [1.165, 1.54) is 19.3 Å². The Hall–Kier alpha value is -0.990. The van der Waals surface area contributed by atoms with Crippen LogP contribution in [0, 0.1) is 5.92 Å². The summed E-state index contributed by atoms with van der Waals surface area (Å²) < 4.78 is 0. The molecule has 1 aliphatic carbocycles. The summed E-state index contributed by atoms with van der Waals surface area (Å²) in [6.07, 6.45) is 6.74. The Kier molecular flexibility index (Phi) is 5.25. The highest BCUT2D eigenvalue weighted by Gasteiger charge is 2.00. The standard InChI is InChI=1S/C7H12.CH2O3/c1-7-5-3-2-4-6-7;2-1(3)4/h2-3,7H,4-6H2,1H3;(H2,2,3,4). The van der Waals surface area contributed by atoms with Gasteiger partial charge in [0.05, 0.1) is 0 Å². The Morgan fingerprint density at radius 2 is 2.00 bits per heavy atom. The number of hydrogen-bond acceptors (Lipinski definition) is 1. The lowest BCUT2D eigenvalue weighted by Gasteiger charge is -2.09. The molecule has 1 rings (SSSR count). The molecule has 0 saturated carbocycles. The van der Waals surface area contributed by atoms with Gasteiger partial charge < -0.3 is 10.2 Å². The largest absolute Gasteiger partial charge is 0.503 e. The smallest absolute Gasteiger partial charge is 0.450 e. The molecule has 0 heterocycles. The average Bonchev–Trinajstić information content (AvgIpc) is 1.87. The first kappa shape index (κ1) is 10.0. The average molecular weight is 158 g/mol. The minimum absolute atomic E-state index is 0.949. The molecule has 11 heavy (non-hydrogen) atoms. The summed E-state index contributed by atoms with van der Waals surface area (Å²) in [6, 6.07) is 0. The third kappa shape index (κ3) is 9.01. The molecule has 2 N–H and O–H groups in total. The molecule has 0 amide bonds. The van der Waals surface area contributed by atoms with Gasteiger partial charge in [0, 0.05) is 0 Å². The van der Waals surface area contributed by atoms with Crippen molar-refractivity contribution in [2.75, 3.05) is 0 Å². The maximum atomic E-state index is 8.56. The molecule has 0 aliphatic heterocycles. The first-order valence-corrected chi connectivity index (χ1v) is 3.70. The van der Waals surface area contributed by atoms with Crippen LogP contribution in [0.2, 0.25) is 0 Å². The van der Waals surface area contributed by atoms with Crippen molar-refractivity contribution in [1.82, 2.24) is 0 Å². The molecule has 0 fully saturated rings. The molecular weight excluding hydrogens is 144 g/mol. The van der Waals surface area contributed by atoms with E-state index in [4.69, 9.17) is 15.0 Å². The molecule has 0 saturated heterocycles. The molecule has 1 aliphatic rings. The maximum absolute atomic E-state index is 8.56. The van der Waals surface area contributed by atoms with Gasteiger partial charge in [-0.05, 0) is 25.2 Å². The Morgan fingerprint density at radius 3 is 2.18 bits per heavy atom. The van der Waals surface area contributed by atoms with Crippen molar-refractivity contribution >= 4 is 6.16 Å². The minimum Gasteiger partial charge on any atom is -0.450 e. The second-order valence-electron chi connectivity index (χ2n) is 2.67. The van der Waals surface area contributed by atoms with Crippen LogP contribution in [0.5, 0.6) is 0 Å². The Bertz CT molecular complexity index is 136. The van der Waals surface area contributed by atoms with E-state index in [9.17, 15) is 0 Å². The fraction of sp³-hybridized carbons (Fsp3) is 0.625. The highest BCUT2D eigenvalue weighted by atomic mass is 16.6. The summed E-state index contributed by atoms with van der Waals surface area (Å²) in [5.41, 5.74) is 0. The number of carboxylic acid groups (broad SMARTS) is 2. The molecule has 1 unspecified atom stereocenters. The predicted molar refractivity (Wildman–Crippen MR) is 42.8 cm³/mol. The van der Waals surface area contributed by atoms with E-state index in [2.05, 4.69) is 19.1 Å². The van der Waals surface area contributed by atoms with Crippen LogP contribution in [0.15, 0.2) is 12.2 Å². The fourth-order valence-electron chi connectivity index (χ4n) is 0.945. The van der Waals surface area contributed by atoms with Crippen molar-refractivity contribution in [3.05, 3.63) is 12.2 Å². The second-order valence-corrected chi connectivity index (χ2v) is 2.67. The van der Waals surface area contributed by atoms with Crippen molar-refractivity contribution in [2.24, 2.45) is 5.92 Å². The molecule has 3 nitrogen and oxygen atoms in total. The van der Waals surface area contributed by atoms with E-state index in [0.717, 1.165) is 5.92 Å². The lowest BCUT2D eigenvalue weighted by Crippen LogP contribution is -1.94. The Labute approximate surface area is 66.4 Å². The normalized spacial score (nSPS) is 21.7. The van der Waals surface area contributed by atoms with Crippen LogP contribution in [-0.4, -0.2) is 16.4 Å². The molecule has 1 atom stereocenters. The molecule has 64 valence electrons. The summed E-state index contributed by atoms with van der Waals surface area (Å²) in [4.78, 5) is 8.56. The van der Waals surface area contributed by atoms with Crippen molar-refractivity contribution in [2.45, 2.75) is 26.2 Å². The van der Waals surface area contributed by atoms with E-state index in [1.54, 1.807) is 0 Å². The first-order valence-electron chi connectivity index (χ1n) is 3.70. The van der Waals surface area contributed by atoms with E-state index in [-0.39, 0.29) is 0 Å². The summed E-state index contributed by atoms with van der Waals surface area (Å²) in [5, 5.41) is 13.9. The number of carbonyl (C=O) groups is 1. The summed E-state index contributed by atoms with van der Waals surface area (Å²) in [7, 11) is 0. The van der Waals surface area contributed by atoms with Crippen molar-refractivity contribution in [1.29, 1.82) is 0 Å². The maximum Gasteiger partial charge on any atom is 0.503 e. The van der Waals surface area contributed by atoms with Gasteiger partial charge >= 0.3 is 6.16 Å². The monoisotopic (exact) mass is 158 g/mol. The number of rotatable bonds is 0. The molecule has 3 heteroatoms. The Morgan fingerprint density at radius 1 is 1.45 bits per heavy atom. The highest BCUT2D eigenvalue weighted by molar-refractivity contribution is 5.53. The SMILES string of the molecule is CC1CC=CCC1.O=C(O)O. The van der Waals surface area contributed by atoms with Gasteiger partial charge in [-0.3, -0.25) is 0 Å². The van der Waals surface area contributed by atoms with Gasteiger partial charge in [0.1, 0.15) is 0 Å². The zero-order valence-corrected chi connectivity index (χ0v) is 6.66. The zero-order chi connectivity index (χ0) is 8.69. The van der Waals surface area contributed by atoms with Crippen LogP contribution in [0.4, 0.5) is 4.79 Å². The van der Waals surface area contributed by atoms with Crippen LogP contribution < -0.4 is 0 Å². The first-order chi connectivity index (χ1) is 5.13. The van der Waals surface area contributed by atoms with Crippen molar-refractivity contribution in [3.8, 4) is 0 Å². The van der Waals surface area contributed by atoms with Crippen LogP contribution >= 0.6 is 0 Å². The predicted octanol–water partition coefficient (Wildman–Crippen LogP) is 2.58. The third-order valence-electron chi connectivity index (χ3n) is 1.53. The highest BCUT2D eigenvalue weighted by Crippen LogP contribution is 2.15. The number of allylic oxidation sites excluding steroid dienone is 2. The second kappa shape index (κ2) is 5.77. The van der Waals surface area contributed by atoms with Crippen LogP contribution in [0.3, 0.4) is 0 Å². The van der Waals surface area contributed by atoms with Gasteiger partial charge in [-0.1, -0.05) is 19.1 Å². The minimum atomic E-state index is -1.83. The van der Waals surface area contributed by atoms with Crippen LogP contribution in [0.25, 0.3) is 0 Å². The number of hydrogen-bond donors (Lipinski definition) is 2. The van der Waals surface area contributed by atoms with Crippen molar-refractivity contribution < 1.29 is 15.0 Å². The molecule has 0 radical (unpaired) electrons. The lowest BCUT2D eigenvalue weighted by molar-refractivity contribution is 0.137. The van der Waals surface area contributed by atoms with Crippen LogP contribution in [0.1, 0.15) is 26.2 Å². The third-order valence-corrected chi connectivity index (χ3v) is 1.53. The van der Waals surface area contributed by atoms with E-state index < -0.39 is 6.16 Å². The molecule has 0 spiro atoms. The lowest BCUT2D eigenvalue weighted by atomic mass is 9.97. The summed E-state index contributed by atoms with van der Waals surface area (Å²) in [5.74, 6) is 0.949. The molecule has 0 aromatic heterocycles. The van der Waals surface area contributed by atoms with Gasteiger partial charge in [0.15, 0.2) is 0 Å². The molecule has 0 bridgehead atoms. The van der Waals surface area contributed by atoms with Gasteiger partial charge in [-0.2, -0.15) is 0 Å². The summed E-state index contributed by atoms with van der Waals surface area (Å²) >= 11 is 0. The molecule has 0 aromatic rings. The molecule has 0 aromatic carbocycles. The van der Waals surface area contributed by atoms with E-state index in [0.29, 0.717) is 0 Å². The zero-order valence-electron chi connectivity index (χ0n) is 6.66. The Balaban J connectivity index is 0.000000218. The van der Waals surface area contributed by atoms with Gasteiger partial charge in [-0.25, -0.2) is 4.79 Å². The van der Waals surface area contributed by atoms with Gasteiger partial charge in [-0.15, -0.1) is 0 Å².